The minimum Gasteiger partial charge on any atom is -0.393 e. The van der Waals surface area contributed by atoms with Gasteiger partial charge in [-0.25, -0.2) is 0 Å². The van der Waals surface area contributed by atoms with E-state index in [4.69, 9.17) is 4.74 Å². The van der Waals surface area contributed by atoms with Crippen molar-refractivity contribution < 1.29 is 9.84 Å². The van der Waals surface area contributed by atoms with Crippen molar-refractivity contribution in [3.05, 3.63) is 0 Å². The summed E-state index contributed by atoms with van der Waals surface area (Å²) < 4.78 is 5.42. The second-order valence-electron chi connectivity index (χ2n) is 4.64. The molecule has 2 aliphatic heterocycles. The fraction of sp³-hybridized carbons (Fsp3) is 1.00. The van der Waals surface area contributed by atoms with Crippen LogP contribution in [0.15, 0.2) is 0 Å². The van der Waals surface area contributed by atoms with Crippen LogP contribution in [-0.4, -0.2) is 48.0 Å². The first kappa shape index (κ1) is 10.4. The zero-order valence-corrected chi connectivity index (χ0v) is 8.98. The van der Waals surface area contributed by atoms with Gasteiger partial charge in [0.15, 0.2) is 0 Å². The molecule has 2 fully saturated rings. The summed E-state index contributed by atoms with van der Waals surface area (Å²) in [6, 6.07) is 1.22. The van der Waals surface area contributed by atoms with E-state index in [0.29, 0.717) is 12.1 Å². The first-order chi connectivity index (χ1) is 6.77. The number of aliphatic hydroxyl groups excluding tert-OH is 1. The third-order valence-corrected chi connectivity index (χ3v) is 3.41. The highest BCUT2D eigenvalue weighted by Crippen LogP contribution is 2.26. The Bertz CT molecular complexity index is 178. The standard InChI is InChI=1S/C11H21NO2/c1-9(13)7-10-3-2-5-12(10)11-4-6-14-8-11/h9-11,13H,2-8H2,1H3. The summed E-state index contributed by atoms with van der Waals surface area (Å²) >= 11 is 0. The van der Waals surface area contributed by atoms with E-state index in [-0.39, 0.29) is 6.10 Å². The fourth-order valence-electron chi connectivity index (χ4n) is 2.77. The fourth-order valence-corrected chi connectivity index (χ4v) is 2.77. The van der Waals surface area contributed by atoms with Crippen LogP contribution in [0.1, 0.15) is 32.6 Å². The molecule has 1 N–H and O–H groups in total. The van der Waals surface area contributed by atoms with E-state index < -0.39 is 0 Å². The van der Waals surface area contributed by atoms with Crippen LogP contribution in [0.2, 0.25) is 0 Å². The summed E-state index contributed by atoms with van der Waals surface area (Å²) in [5.41, 5.74) is 0. The molecular weight excluding hydrogens is 178 g/mol. The molecule has 3 heteroatoms. The number of nitrogens with zero attached hydrogens (tertiary/aromatic N) is 1. The second-order valence-corrected chi connectivity index (χ2v) is 4.64. The number of likely N-dealkylation sites (tertiary alicyclic amines) is 1. The van der Waals surface area contributed by atoms with Gasteiger partial charge in [0.2, 0.25) is 0 Å². The average molecular weight is 199 g/mol. The molecule has 3 unspecified atom stereocenters. The molecule has 3 atom stereocenters. The smallest absolute Gasteiger partial charge is 0.0622 e. The number of hydrogen-bond donors (Lipinski definition) is 1. The van der Waals surface area contributed by atoms with Gasteiger partial charge in [-0.05, 0) is 39.2 Å². The van der Waals surface area contributed by atoms with Crippen LogP contribution in [-0.2, 0) is 4.74 Å². The molecule has 3 nitrogen and oxygen atoms in total. The van der Waals surface area contributed by atoms with Crippen molar-refractivity contribution in [3.8, 4) is 0 Å². The lowest BCUT2D eigenvalue weighted by molar-refractivity contribution is 0.0977. The summed E-state index contributed by atoms with van der Waals surface area (Å²) in [7, 11) is 0. The molecule has 2 heterocycles. The zero-order valence-electron chi connectivity index (χ0n) is 8.98. The van der Waals surface area contributed by atoms with Crippen molar-refractivity contribution >= 4 is 0 Å². The van der Waals surface area contributed by atoms with E-state index in [1.54, 1.807) is 0 Å². The summed E-state index contributed by atoms with van der Waals surface area (Å²) in [6.07, 6.45) is 4.48. The maximum absolute atomic E-state index is 9.42. The van der Waals surface area contributed by atoms with Crippen molar-refractivity contribution in [2.24, 2.45) is 0 Å². The third-order valence-electron chi connectivity index (χ3n) is 3.41. The van der Waals surface area contributed by atoms with Gasteiger partial charge in [-0.2, -0.15) is 0 Å². The predicted molar refractivity (Wildman–Crippen MR) is 55.2 cm³/mol. The van der Waals surface area contributed by atoms with Crippen molar-refractivity contribution in [1.29, 1.82) is 0 Å². The van der Waals surface area contributed by atoms with Crippen LogP contribution in [0.4, 0.5) is 0 Å². The van der Waals surface area contributed by atoms with Gasteiger partial charge in [-0.15, -0.1) is 0 Å². The summed E-state index contributed by atoms with van der Waals surface area (Å²) in [6.45, 7) is 4.91. The maximum Gasteiger partial charge on any atom is 0.0622 e. The molecule has 0 spiro atoms. The van der Waals surface area contributed by atoms with Gasteiger partial charge >= 0.3 is 0 Å². The molecule has 0 amide bonds. The average Bonchev–Trinajstić information content (AvgIpc) is 2.70. The van der Waals surface area contributed by atoms with Gasteiger partial charge in [-0.1, -0.05) is 0 Å². The van der Waals surface area contributed by atoms with E-state index in [1.807, 2.05) is 6.92 Å². The van der Waals surface area contributed by atoms with Gasteiger partial charge in [0.05, 0.1) is 12.7 Å². The van der Waals surface area contributed by atoms with Crippen molar-refractivity contribution in [1.82, 2.24) is 4.90 Å². The largest absolute Gasteiger partial charge is 0.393 e. The van der Waals surface area contributed by atoms with Crippen LogP contribution in [0, 0.1) is 0 Å². The summed E-state index contributed by atoms with van der Waals surface area (Å²) in [5, 5.41) is 9.42. The van der Waals surface area contributed by atoms with Gasteiger partial charge in [-0.3, -0.25) is 4.90 Å². The third kappa shape index (κ3) is 2.27. The number of hydrogen-bond acceptors (Lipinski definition) is 3. The Hall–Kier alpha value is -0.120. The van der Waals surface area contributed by atoms with Gasteiger partial charge < -0.3 is 9.84 Å². The van der Waals surface area contributed by atoms with E-state index in [2.05, 4.69) is 4.90 Å². The van der Waals surface area contributed by atoms with Gasteiger partial charge in [0.25, 0.3) is 0 Å². The summed E-state index contributed by atoms with van der Waals surface area (Å²) in [4.78, 5) is 2.56. The molecule has 0 aliphatic carbocycles. The molecule has 2 saturated heterocycles. The molecule has 2 aliphatic rings. The number of aliphatic hydroxyl groups is 1. The first-order valence-corrected chi connectivity index (χ1v) is 5.79. The molecule has 0 aromatic rings. The predicted octanol–water partition coefficient (Wildman–Crippen LogP) is 1.01. The maximum atomic E-state index is 9.42. The minimum atomic E-state index is -0.164. The lowest BCUT2D eigenvalue weighted by Crippen LogP contribution is -2.40. The Kier molecular flexibility index (Phi) is 3.42. The molecule has 2 rings (SSSR count). The van der Waals surface area contributed by atoms with Crippen LogP contribution in [0.25, 0.3) is 0 Å². The molecular formula is C11H21NO2. The van der Waals surface area contributed by atoms with E-state index in [1.165, 1.54) is 25.8 Å². The lowest BCUT2D eigenvalue weighted by atomic mass is 10.1. The molecule has 0 saturated carbocycles. The van der Waals surface area contributed by atoms with Crippen LogP contribution in [0.3, 0.4) is 0 Å². The molecule has 0 bridgehead atoms. The highest BCUT2D eigenvalue weighted by Gasteiger charge is 2.32. The van der Waals surface area contributed by atoms with Gasteiger partial charge in [0.1, 0.15) is 0 Å². The molecule has 14 heavy (non-hydrogen) atoms. The van der Waals surface area contributed by atoms with E-state index >= 15 is 0 Å². The monoisotopic (exact) mass is 199 g/mol. The van der Waals surface area contributed by atoms with Crippen LogP contribution < -0.4 is 0 Å². The van der Waals surface area contributed by atoms with Gasteiger partial charge in [0, 0.05) is 18.7 Å². The topological polar surface area (TPSA) is 32.7 Å². The summed E-state index contributed by atoms with van der Waals surface area (Å²) in [5.74, 6) is 0. The number of rotatable bonds is 3. The Balaban J connectivity index is 1.89. The Morgan fingerprint density at radius 2 is 2.36 bits per heavy atom. The quantitative estimate of drug-likeness (QED) is 0.736. The Labute approximate surface area is 86.0 Å². The first-order valence-electron chi connectivity index (χ1n) is 5.79. The highest BCUT2D eigenvalue weighted by molar-refractivity contribution is 4.87. The molecule has 82 valence electrons. The Morgan fingerprint density at radius 1 is 1.50 bits per heavy atom. The van der Waals surface area contributed by atoms with E-state index in [9.17, 15) is 5.11 Å². The molecule has 0 aromatic heterocycles. The van der Waals surface area contributed by atoms with Crippen molar-refractivity contribution in [2.75, 3.05) is 19.8 Å². The van der Waals surface area contributed by atoms with E-state index in [0.717, 1.165) is 19.6 Å². The van der Waals surface area contributed by atoms with Crippen molar-refractivity contribution in [3.63, 3.8) is 0 Å². The van der Waals surface area contributed by atoms with Crippen molar-refractivity contribution in [2.45, 2.75) is 50.8 Å². The zero-order chi connectivity index (χ0) is 9.97. The minimum absolute atomic E-state index is 0.164. The van der Waals surface area contributed by atoms with Crippen LogP contribution >= 0.6 is 0 Å². The lowest BCUT2D eigenvalue weighted by Gasteiger charge is -2.30. The second kappa shape index (κ2) is 4.60. The Morgan fingerprint density at radius 3 is 3.00 bits per heavy atom. The highest BCUT2D eigenvalue weighted by atomic mass is 16.5. The SMILES string of the molecule is CC(O)CC1CCCN1C1CCOC1. The molecule has 0 radical (unpaired) electrons. The molecule has 0 aromatic carbocycles. The van der Waals surface area contributed by atoms with Crippen LogP contribution in [0.5, 0.6) is 0 Å². The normalized spacial score (nSPS) is 36.4. The number of ether oxygens (including phenoxy) is 1.